The maximum Gasteiger partial charge on any atom is 0.313 e. The van der Waals surface area contributed by atoms with Crippen LogP contribution >= 0.6 is 0 Å². The van der Waals surface area contributed by atoms with E-state index in [0.29, 0.717) is 13.1 Å². The van der Waals surface area contributed by atoms with Crippen LogP contribution in [-0.4, -0.2) is 16.7 Å². The Morgan fingerprint density at radius 3 is 1.83 bits per heavy atom. The van der Waals surface area contributed by atoms with Gasteiger partial charge < -0.3 is 10.2 Å². The van der Waals surface area contributed by atoms with E-state index in [1.165, 1.54) is 0 Å². The highest BCUT2D eigenvalue weighted by Gasteiger charge is 2.24. The molecule has 0 aliphatic heterocycles. The number of aryl methyl sites for hydroxylation is 1. The molecule has 0 aliphatic rings. The molecule has 154 valence electrons. The van der Waals surface area contributed by atoms with Gasteiger partial charge in [-0.15, -0.1) is 0 Å². The normalized spacial score (nSPS) is 10.7. The van der Waals surface area contributed by atoms with E-state index in [4.69, 9.17) is 0 Å². The third kappa shape index (κ3) is 5.35. The van der Waals surface area contributed by atoms with Gasteiger partial charge in [0.1, 0.15) is 0 Å². The number of carbonyl (C=O) groups excluding carboxylic acids is 2. The van der Waals surface area contributed by atoms with Crippen LogP contribution in [0, 0.1) is 6.92 Å². The lowest BCUT2D eigenvalue weighted by atomic mass is 9.98. The first-order chi connectivity index (χ1) is 14.5. The van der Waals surface area contributed by atoms with Gasteiger partial charge in [0.05, 0.1) is 0 Å². The predicted molar refractivity (Wildman–Crippen MR) is 121 cm³/mol. The van der Waals surface area contributed by atoms with E-state index in [1.54, 1.807) is 4.90 Å². The minimum absolute atomic E-state index is 0.236. The number of carbonyl (C=O) groups is 2. The number of benzene rings is 3. The van der Waals surface area contributed by atoms with E-state index in [9.17, 15) is 9.59 Å². The molecule has 2 amide bonds. The summed E-state index contributed by atoms with van der Waals surface area (Å²) in [5.41, 5.74) is 4.65. The smallest absolute Gasteiger partial charge is 0.313 e. The molecule has 0 heterocycles. The highest BCUT2D eigenvalue weighted by Crippen LogP contribution is 2.27. The van der Waals surface area contributed by atoms with Crippen LogP contribution in [0.3, 0.4) is 0 Å². The van der Waals surface area contributed by atoms with Gasteiger partial charge in [0.2, 0.25) is 0 Å². The van der Waals surface area contributed by atoms with Gasteiger partial charge in [0, 0.05) is 18.8 Å². The lowest BCUT2D eigenvalue weighted by Crippen LogP contribution is -2.39. The lowest BCUT2D eigenvalue weighted by molar-refractivity contribution is -0.144. The molecule has 0 saturated carbocycles. The molecule has 0 unspecified atom stereocenters. The minimum Gasteiger partial charge on any atom is -0.326 e. The molecule has 0 fully saturated rings. The van der Waals surface area contributed by atoms with Crippen LogP contribution in [0.4, 0.5) is 5.69 Å². The summed E-state index contributed by atoms with van der Waals surface area (Å²) >= 11 is 0. The largest absolute Gasteiger partial charge is 0.326 e. The quantitative estimate of drug-likeness (QED) is 0.572. The molecule has 0 bridgehead atoms. The van der Waals surface area contributed by atoms with Gasteiger partial charge in [-0.25, -0.2) is 0 Å². The zero-order chi connectivity index (χ0) is 21.5. The maximum atomic E-state index is 13.2. The lowest BCUT2D eigenvalue weighted by Gasteiger charge is -2.23. The molecule has 0 saturated heterocycles. The van der Waals surface area contributed by atoms with Gasteiger partial charge in [-0.3, -0.25) is 9.59 Å². The van der Waals surface area contributed by atoms with Gasteiger partial charge in [-0.05, 0) is 35.1 Å². The summed E-state index contributed by atoms with van der Waals surface area (Å²) in [5, 5.41) is 2.88. The summed E-state index contributed by atoms with van der Waals surface area (Å²) < 4.78 is 0. The number of nitrogens with one attached hydrogen (secondary N) is 1. The van der Waals surface area contributed by atoms with Crippen molar-refractivity contribution in [2.75, 3.05) is 5.32 Å². The first kappa shape index (κ1) is 21.3. The molecule has 30 heavy (non-hydrogen) atoms. The van der Waals surface area contributed by atoms with E-state index in [0.717, 1.165) is 27.9 Å². The Hall–Kier alpha value is -3.40. The Morgan fingerprint density at radius 2 is 1.33 bits per heavy atom. The Bertz CT molecular complexity index is 957. The molecular formula is C26H28N2O2. The summed E-state index contributed by atoms with van der Waals surface area (Å²) in [6.45, 7) is 6.82. The van der Waals surface area contributed by atoms with Crippen molar-refractivity contribution < 1.29 is 9.59 Å². The van der Waals surface area contributed by atoms with Gasteiger partial charge in [-0.1, -0.05) is 92.7 Å². The number of hydrogen-bond acceptors (Lipinski definition) is 2. The number of hydrogen-bond donors (Lipinski definition) is 1. The van der Waals surface area contributed by atoms with Crippen molar-refractivity contribution in [3.63, 3.8) is 0 Å². The topological polar surface area (TPSA) is 49.4 Å². The van der Waals surface area contributed by atoms with Crippen molar-refractivity contribution in [1.29, 1.82) is 0 Å². The molecule has 1 N–H and O–H groups in total. The standard InChI is InChI=1S/C26H28N2O2/c1-19(2)23-16-10-11-20(3)24(23)27-25(29)26(30)28(17-21-12-6-4-7-13-21)18-22-14-8-5-9-15-22/h4-16,19H,17-18H2,1-3H3,(H,27,29). The summed E-state index contributed by atoms with van der Waals surface area (Å²) in [7, 11) is 0. The average molecular weight is 401 g/mol. The molecule has 4 nitrogen and oxygen atoms in total. The molecule has 0 radical (unpaired) electrons. The van der Waals surface area contributed by atoms with E-state index in [-0.39, 0.29) is 5.92 Å². The maximum absolute atomic E-state index is 13.2. The number of amides is 2. The third-order valence-corrected chi connectivity index (χ3v) is 5.08. The monoisotopic (exact) mass is 400 g/mol. The molecule has 4 heteroatoms. The zero-order valence-electron chi connectivity index (χ0n) is 17.8. The predicted octanol–water partition coefficient (Wildman–Crippen LogP) is 5.29. The number of nitrogens with zero attached hydrogens (tertiary/aromatic N) is 1. The van der Waals surface area contributed by atoms with Gasteiger partial charge >= 0.3 is 11.8 Å². The van der Waals surface area contributed by atoms with Crippen LogP contribution in [0.5, 0.6) is 0 Å². The molecule has 0 spiro atoms. The van der Waals surface area contributed by atoms with Gasteiger partial charge in [-0.2, -0.15) is 0 Å². The van der Waals surface area contributed by atoms with Crippen LogP contribution < -0.4 is 5.32 Å². The van der Waals surface area contributed by atoms with E-state index >= 15 is 0 Å². The third-order valence-electron chi connectivity index (χ3n) is 5.08. The second-order valence-electron chi connectivity index (χ2n) is 7.78. The molecule has 0 aromatic heterocycles. The fraction of sp³-hybridized carbons (Fsp3) is 0.231. The van der Waals surface area contributed by atoms with E-state index < -0.39 is 11.8 Å². The van der Waals surface area contributed by atoms with Crippen LogP contribution in [0.2, 0.25) is 0 Å². The highest BCUT2D eigenvalue weighted by molar-refractivity contribution is 6.39. The molecule has 0 atom stereocenters. The van der Waals surface area contributed by atoms with Crippen LogP contribution in [0.1, 0.15) is 42.0 Å². The average Bonchev–Trinajstić information content (AvgIpc) is 2.75. The van der Waals surface area contributed by atoms with Crippen LogP contribution in [-0.2, 0) is 22.7 Å². The second-order valence-corrected chi connectivity index (χ2v) is 7.78. The zero-order valence-corrected chi connectivity index (χ0v) is 17.8. The Kier molecular flexibility index (Phi) is 7.02. The first-order valence-electron chi connectivity index (χ1n) is 10.2. The fourth-order valence-corrected chi connectivity index (χ4v) is 3.46. The van der Waals surface area contributed by atoms with Crippen LogP contribution in [0.25, 0.3) is 0 Å². The number of anilines is 1. The van der Waals surface area contributed by atoms with E-state index in [1.807, 2.05) is 85.8 Å². The SMILES string of the molecule is Cc1cccc(C(C)C)c1NC(=O)C(=O)N(Cc1ccccc1)Cc1ccccc1. The van der Waals surface area contributed by atoms with Gasteiger partial charge in [0.25, 0.3) is 0 Å². The molecule has 3 aromatic carbocycles. The summed E-state index contributed by atoms with van der Waals surface area (Å²) in [6, 6.07) is 25.3. The summed E-state index contributed by atoms with van der Waals surface area (Å²) in [5.74, 6) is -0.918. The Labute approximate surface area is 178 Å². The molecule has 3 aromatic rings. The first-order valence-corrected chi connectivity index (χ1v) is 10.2. The van der Waals surface area contributed by atoms with Gasteiger partial charge in [0.15, 0.2) is 0 Å². The Balaban J connectivity index is 1.84. The number of rotatable bonds is 6. The summed E-state index contributed by atoms with van der Waals surface area (Å²) in [4.78, 5) is 27.7. The molecule has 0 aliphatic carbocycles. The van der Waals surface area contributed by atoms with Crippen molar-refractivity contribution in [3.05, 3.63) is 101 Å². The van der Waals surface area contributed by atoms with Crippen molar-refractivity contribution in [2.24, 2.45) is 0 Å². The van der Waals surface area contributed by atoms with Crippen molar-refractivity contribution in [3.8, 4) is 0 Å². The summed E-state index contributed by atoms with van der Waals surface area (Å²) in [6.07, 6.45) is 0. The Morgan fingerprint density at radius 1 is 0.800 bits per heavy atom. The second kappa shape index (κ2) is 9.88. The van der Waals surface area contributed by atoms with Crippen molar-refractivity contribution in [1.82, 2.24) is 4.90 Å². The molecule has 3 rings (SSSR count). The van der Waals surface area contributed by atoms with Crippen molar-refractivity contribution >= 4 is 17.5 Å². The molecular weight excluding hydrogens is 372 g/mol. The van der Waals surface area contributed by atoms with Crippen molar-refractivity contribution in [2.45, 2.75) is 39.8 Å². The fourth-order valence-electron chi connectivity index (χ4n) is 3.46. The highest BCUT2D eigenvalue weighted by atomic mass is 16.2. The van der Waals surface area contributed by atoms with E-state index in [2.05, 4.69) is 19.2 Å². The minimum atomic E-state index is -0.613. The van der Waals surface area contributed by atoms with Crippen LogP contribution in [0.15, 0.2) is 78.9 Å². The number of para-hydroxylation sites is 1.